The number of benzene rings is 2. The normalized spacial score (nSPS) is 12.7. The first-order chi connectivity index (χ1) is 15.7. The second-order valence-corrected chi connectivity index (χ2v) is 8.96. The number of nitrogens with one attached hydrogen (secondary N) is 1. The number of hydrogen-bond acceptors (Lipinski definition) is 5. The van der Waals surface area contributed by atoms with E-state index in [1.807, 2.05) is 61.7 Å². The molecule has 0 fully saturated rings. The fourth-order valence-electron chi connectivity index (χ4n) is 4.18. The maximum atomic E-state index is 12.6. The number of aromatic nitrogens is 4. The Balaban J connectivity index is 1.89. The molecule has 7 nitrogen and oxygen atoms in total. The predicted molar refractivity (Wildman–Crippen MR) is 130 cm³/mol. The molecule has 0 saturated carbocycles. The Kier molecular flexibility index (Phi) is 6.63. The second kappa shape index (κ2) is 9.45. The SMILES string of the molecule is CCc1cc2nc3c(=O)[nH]c(=O)nc-3n(CC(Cc3ccc(Cl)cc3)OC(C)C)c2cc1C. The van der Waals surface area contributed by atoms with Crippen molar-refractivity contribution in [3.8, 4) is 11.5 Å². The number of nitrogens with zero attached hydrogens (tertiary/aromatic N) is 3. The second-order valence-electron chi connectivity index (χ2n) is 8.52. The van der Waals surface area contributed by atoms with Gasteiger partial charge in [-0.3, -0.25) is 9.78 Å². The quantitative estimate of drug-likeness (QED) is 0.413. The van der Waals surface area contributed by atoms with Crippen molar-refractivity contribution in [2.75, 3.05) is 0 Å². The number of ether oxygens (including phenoxy) is 1. The van der Waals surface area contributed by atoms with Crippen molar-refractivity contribution in [3.05, 3.63) is 78.9 Å². The fourth-order valence-corrected chi connectivity index (χ4v) is 4.31. The van der Waals surface area contributed by atoms with Gasteiger partial charge in [-0.1, -0.05) is 30.7 Å². The molecule has 172 valence electrons. The summed E-state index contributed by atoms with van der Waals surface area (Å²) in [4.78, 5) is 35.6. The highest BCUT2D eigenvalue weighted by atomic mass is 35.5. The van der Waals surface area contributed by atoms with Gasteiger partial charge >= 0.3 is 5.69 Å². The van der Waals surface area contributed by atoms with E-state index in [1.165, 1.54) is 0 Å². The molecule has 33 heavy (non-hydrogen) atoms. The van der Waals surface area contributed by atoms with E-state index in [0.29, 0.717) is 23.5 Å². The van der Waals surface area contributed by atoms with Crippen LogP contribution in [0.4, 0.5) is 0 Å². The average Bonchev–Trinajstić information content (AvgIpc) is 2.75. The monoisotopic (exact) mass is 466 g/mol. The van der Waals surface area contributed by atoms with Gasteiger partial charge in [0.1, 0.15) is 0 Å². The van der Waals surface area contributed by atoms with Gasteiger partial charge in [0.15, 0.2) is 11.5 Å². The molecule has 2 aliphatic rings. The van der Waals surface area contributed by atoms with Crippen LogP contribution in [-0.4, -0.2) is 31.7 Å². The number of aryl methyl sites for hydroxylation is 2. The third kappa shape index (κ3) is 4.99. The van der Waals surface area contributed by atoms with E-state index in [0.717, 1.165) is 28.6 Å². The van der Waals surface area contributed by atoms with Gasteiger partial charge in [0.05, 0.1) is 29.8 Å². The number of aromatic amines is 1. The molecule has 0 bridgehead atoms. The van der Waals surface area contributed by atoms with Gasteiger partial charge in [-0.15, -0.1) is 0 Å². The van der Waals surface area contributed by atoms with Crippen molar-refractivity contribution in [2.24, 2.45) is 0 Å². The molecule has 2 aromatic carbocycles. The highest BCUT2D eigenvalue weighted by Crippen LogP contribution is 2.26. The summed E-state index contributed by atoms with van der Waals surface area (Å²) in [7, 11) is 0. The van der Waals surface area contributed by atoms with Gasteiger partial charge in [0, 0.05) is 11.4 Å². The highest BCUT2D eigenvalue weighted by molar-refractivity contribution is 6.30. The minimum absolute atomic E-state index is 0.0119. The van der Waals surface area contributed by atoms with E-state index < -0.39 is 11.2 Å². The van der Waals surface area contributed by atoms with Crippen LogP contribution in [0.5, 0.6) is 0 Å². The molecule has 1 N–H and O–H groups in total. The summed E-state index contributed by atoms with van der Waals surface area (Å²) in [5, 5.41) is 0.675. The molecule has 0 radical (unpaired) electrons. The van der Waals surface area contributed by atoms with Gasteiger partial charge in [-0.25, -0.2) is 9.78 Å². The highest BCUT2D eigenvalue weighted by Gasteiger charge is 2.23. The lowest BCUT2D eigenvalue weighted by atomic mass is 10.0. The van der Waals surface area contributed by atoms with E-state index in [9.17, 15) is 9.59 Å². The first-order valence-electron chi connectivity index (χ1n) is 11.1. The number of H-pyrrole nitrogens is 1. The first kappa shape index (κ1) is 23.1. The van der Waals surface area contributed by atoms with E-state index >= 15 is 0 Å². The van der Waals surface area contributed by atoms with Crippen LogP contribution in [0.2, 0.25) is 5.02 Å². The molecule has 8 heteroatoms. The summed E-state index contributed by atoms with van der Waals surface area (Å²) >= 11 is 6.05. The lowest BCUT2D eigenvalue weighted by molar-refractivity contribution is -0.000461. The Bertz CT molecular complexity index is 1380. The van der Waals surface area contributed by atoms with E-state index in [2.05, 4.69) is 21.9 Å². The van der Waals surface area contributed by atoms with Crippen molar-refractivity contribution in [1.29, 1.82) is 0 Å². The van der Waals surface area contributed by atoms with Gasteiger partial charge in [-0.05, 0) is 68.1 Å². The molecule has 0 amide bonds. The summed E-state index contributed by atoms with van der Waals surface area (Å²) in [5.41, 5.74) is 3.75. The molecule has 2 heterocycles. The van der Waals surface area contributed by atoms with Gasteiger partial charge in [-0.2, -0.15) is 4.98 Å². The molecule has 4 rings (SSSR count). The lowest BCUT2D eigenvalue weighted by Crippen LogP contribution is -2.32. The lowest BCUT2D eigenvalue weighted by Gasteiger charge is -2.25. The zero-order chi connectivity index (χ0) is 23.7. The van der Waals surface area contributed by atoms with Gasteiger partial charge < -0.3 is 9.30 Å². The molecule has 1 atom stereocenters. The smallest absolute Gasteiger partial charge is 0.349 e. The zero-order valence-corrected chi connectivity index (χ0v) is 19.9. The van der Waals surface area contributed by atoms with Crippen LogP contribution in [0, 0.1) is 6.92 Å². The fraction of sp³-hybridized carbons (Fsp3) is 0.360. The standard InChI is InChI=1S/C25H27ClN4O3/c1-5-17-12-20-21(10-15(17)4)30(23-22(27-20)24(31)29-25(32)28-23)13-19(33-14(2)3)11-16-6-8-18(26)9-7-16/h6-10,12,14,19H,5,11,13H2,1-4H3,(H,29,31,32). The van der Waals surface area contributed by atoms with Crippen molar-refractivity contribution >= 4 is 22.6 Å². The Morgan fingerprint density at radius 1 is 1.12 bits per heavy atom. The summed E-state index contributed by atoms with van der Waals surface area (Å²) in [6.45, 7) is 8.50. The predicted octanol–water partition coefficient (Wildman–Crippen LogP) is 4.15. The van der Waals surface area contributed by atoms with Gasteiger partial charge in [0.2, 0.25) is 0 Å². The summed E-state index contributed by atoms with van der Waals surface area (Å²) < 4.78 is 8.15. The third-order valence-electron chi connectivity index (χ3n) is 5.67. The zero-order valence-electron chi connectivity index (χ0n) is 19.2. The van der Waals surface area contributed by atoms with Crippen LogP contribution in [0.15, 0.2) is 46.0 Å². The summed E-state index contributed by atoms with van der Waals surface area (Å²) in [6.07, 6.45) is 1.24. The van der Waals surface area contributed by atoms with Crippen LogP contribution in [-0.2, 0) is 24.1 Å². The van der Waals surface area contributed by atoms with Crippen LogP contribution in [0.1, 0.15) is 37.5 Å². The van der Waals surface area contributed by atoms with Crippen LogP contribution in [0.25, 0.3) is 22.6 Å². The van der Waals surface area contributed by atoms with E-state index in [1.54, 1.807) is 0 Å². The van der Waals surface area contributed by atoms with Crippen LogP contribution < -0.4 is 11.2 Å². The first-order valence-corrected chi connectivity index (χ1v) is 11.5. The van der Waals surface area contributed by atoms with Crippen LogP contribution in [0.3, 0.4) is 0 Å². The molecular weight excluding hydrogens is 440 g/mol. The molecule has 2 aromatic rings. The minimum Gasteiger partial charge on any atom is -0.373 e. The summed E-state index contributed by atoms with van der Waals surface area (Å²) in [6, 6.07) is 11.7. The van der Waals surface area contributed by atoms with E-state index in [-0.39, 0.29) is 23.7 Å². The van der Waals surface area contributed by atoms with Crippen molar-refractivity contribution < 1.29 is 4.74 Å². The number of rotatable bonds is 7. The summed E-state index contributed by atoms with van der Waals surface area (Å²) in [5.74, 6) is 0.258. The van der Waals surface area contributed by atoms with Crippen molar-refractivity contribution in [2.45, 2.75) is 59.3 Å². The Hall–Kier alpha value is -3.03. The Morgan fingerprint density at radius 3 is 2.52 bits per heavy atom. The number of fused-ring (bicyclic) bond motifs is 2. The molecule has 0 aromatic heterocycles. The molecule has 0 spiro atoms. The molecular formula is C25H27ClN4O3. The Morgan fingerprint density at radius 2 is 1.85 bits per heavy atom. The molecule has 0 aliphatic carbocycles. The third-order valence-corrected chi connectivity index (χ3v) is 5.93. The maximum absolute atomic E-state index is 12.6. The topological polar surface area (TPSA) is 89.9 Å². The molecule has 2 aliphatic heterocycles. The maximum Gasteiger partial charge on any atom is 0.349 e. The molecule has 1 unspecified atom stereocenters. The molecule has 0 saturated heterocycles. The van der Waals surface area contributed by atoms with Crippen LogP contribution >= 0.6 is 11.6 Å². The van der Waals surface area contributed by atoms with Crippen molar-refractivity contribution in [1.82, 2.24) is 19.5 Å². The number of hydrogen-bond donors (Lipinski definition) is 1. The largest absolute Gasteiger partial charge is 0.373 e. The van der Waals surface area contributed by atoms with Gasteiger partial charge in [0.25, 0.3) is 5.56 Å². The van der Waals surface area contributed by atoms with Crippen molar-refractivity contribution in [3.63, 3.8) is 0 Å². The van der Waals surface area contributed by atoms with E-state index in [4.69, 9.17) is 16.3 Å². The number of halogens is 1. The Labute approximate surface area is 196 Å². The average molecular weight is 467 g/mol. The minimum atomic E-state index is -0.691.